The molecule has 2 saturated heterocycles. The number of carbonyl (C=O) groups excluding carboxylic acids is 3. The first kappa shape index (κ1) is 16.3. The van der Waals surface area contributed by atoms with Crippen molar-refractivity contribution in [2.24, 2.45) is 11.7 Å². The van der Waals surface area contributed by atoms with E-state index in [1.807, 2.05) is 0 Å². The average molecular weight is 331 g/mol. The molecule has 0 radical (unpaired) electrons. The molecule has 2 atom stereocenters. The maximum atomic E-state index is 12.4. The van der Waals surface area contributed by atoms with E-state index in [1.165, 1.54) is 0 Å². The summed E-state index contributed by atoms with van der Waals surface area (Å²) >= 11 is 0. The third-order valence-corrected chi connectivity index (χ3v) is 4.91. The van der Waals surface area contributed by atoms with E-state index in [9.17, 15) is 14.4 Å². The van der Waals surface area contributed by atoms with Gasteiger partial charge in [0.15, 0.2) is 6.61 Å². The minimum atomic E-state index is -0.593. The number of likely N-dealkylation sites (N-methyl/N-ethyl adjacent to an activating group) is 1. The first-order valence-electron chi connectivity index (χ1n) is 8.02. The van der Waals surface area contributed by atoms with Crippen molar-refractivity contribution in [2.75, 3.05) is 26.7 Å². The highest BCUT2D eigenvalue weighted by molar-refractivity contribution is 5.95. The van der Waals surface area contributed by atoms with Crippen molar-refractivity contribution in [2.45, 2.75) is 18.9 Å². The number of nitrogens with zero attached hydrogens (tertiary/aromatic N) is 2. The van der Waals surface area contributed by atoms with Crippen LogP contribution in [0.5, 0.6) is 5.75 Å². The van der Waals surface area contributed by atoms with Crippen LogP contribution in [0.3, 0.4) is 0 Å². The Morgan fingerprint density at radius 2 is 2.08 bits per heavy atom. The highest BCUT2D eigenvalue weighted by Crippen LogP contribution is 2.31. The molecular formula is C17H21N3O4. The quantitative estimate of drug-likeness (QED) is 0.855. The lowest BCUT2D eigenvalue weighted by atomic mass is 9.92. The Hall–Kier alpha value is -2.57. The Labute approximate surface area is 140 Å². The number of fused-ring (bicyclic) bond motifs is 1. The molecule has 0 unspecified atom stereocenters. The zero-order chi connectivity index (χ0) is 17.3. The number of piperidine rings is 1. The summed E-state index contributed by atoms with van der Waals surface area (Å²) < 4.78 is 5.50. The number of para-hydroxylation sites is 1. The van der Waals surface area contributed by atoms with E-state index >= 15 is 0 Å². The maximum absolute atomic E-state index is 12.4. The van der Waals surface area contributed by atoms with Crippen molar-refractivity contribution >= 4 is 17.7 Å². The number of benzene rings is 1. The summed E-state index contributed by atoms with van der Waals surface area (Å²) in [6.07, 6.45) is 1.40. The zero-order valence-electron chi connectivity index (χ0n) is 13.6. The number of amides is 3. The number of primary amides is 1. The molecule has 7 heteroatoms. The number of hydrogen-bond donors (Lipinski definition) is 1. The second-order valence-corrected chi connectivity index (χ2v) is 6.31. The smallest absolute Gasteiger partial charge is 0.260 e. The predicted octanol–water partition coefficient (Wildman–Crippen LogP) is 0.244. The Morgan fingerprint density at radius 1 is 1.33 bits per heavy atom. The van der Waals surface area contributed by atoms with Gasteiger partial charge in [0.1, 0.15) is 5.75 Å². The fourth-order valence-corrected chi connectivity index (χ4v) is 3.46. The molecule has 0 aliphatic carbocycles. The number of ether oxygens (including phenoxy) is 1. The number of nitrogens with two attached hydrogens (primary N) is 1. The molecule has 2 N–H and O–H groups in total. The number of rotatable bonds is 4. The van der Waals surface area contributed by atoms with Crippen molar-refractivity contribution < 1.29 is 19.1 Å². The van der Waals surface area contributed by atoms with Gasteiger partial charge in [-0.3, -0.25) is 14.4 Å². The molecule has 128 valence electrons. The molecular weight excluding hydrogens is 310 g/mol. The fraction of sp³-hybridized carbons (Fsp3) is 0.471. The molecule has 2 aliphatic rings. The first-order valence-corrected chi connectivity index (χ1v) is 8.02. The summed E-state index contributed by atoms with van der Waals surface area (Å²) in [5, 5.41) is 0. The molecule has 3 rings (SSSR count). The standard InChI is InChI=1S/C17H21N3O4/c1-19-13-9-20(7-6-11(13)8-15(19)21)16(22)10-24-14-5-3-2-4-12(14)17(18)23/h2-5,11,13H,6-10H2,1H3,(H2,18,23)/t11-,13-/m1/s1. The lowest BCUT2D eigenvalue weighted by molar-refractivity contribution is -0.137. The van der Waals surface area contributed by atoms with E-state index in [0.29, 0.717) is 31.2 Å². The van der Waals surface area contributed by atoms with Crippen molar-refractivity contribution in [3.63, 3.8) is 0 Å². The summed E-state index contributed by atoms with van der Waals surface area (Å²) in [4.78, 5) is 39.0. The SMILES string of the molecule is CN1C(=O)C[C@H]2CCN(C(=O)COc3ccccc3C(N)=O)C[C@H]21. The van der Waals surface area contributed by atoms with Crippen LogP contribution < -0.4 is 10.5 Å². The normalized spacial score (nSPS) is 23.1. The molecule has 2 aliphatic heterocycles. The van der Waals surface area contributed by atoms with Crippen LogP contribution in [0.25, 0.3) is 0 Å². The Bertz CT molecular complexity index is 676. The molecule has 2 heterocycles. The molecule has 2 fully saturated rings. The molecule has 0 aromatic heterocycles. The van der Waals surface area contributed by atoms with Gasteiger partial charge >= 0.3 is 0 Å². The molecule has 3 amide bonds. The van der Waals surface area contributed by atoms with Crippen LogP contribution in [-0.4, -0.2) is 60.3 Å². The van der Waals surface area contributed by atoms with E-state index in [1.54, 1.807) is 41.1 Å². The summed E-state index contributed by atoms with van der Waals surface area (Å²) in [6.45, 7) is 1.01. The fourth-order valence-electron chi connectivity index (χ4n) is 3.46. The van der Waals surface area contributed by atoms with Crippen molar-refractivity contribution in [3.8, 4) is 5.75 Å². The largest absolute Gasteiger partial charge is 0.483 e. The van der Waals surface area contributed by atoms with E-state index in [0.717, 1.165) is 6.42 Å². The molecule has 1 aromatic rings. The number of hydrogen-bond acceptors (Lipinski definition) is 4. The van der Waals surface area contributed by atoms with E-state index in [-0.39, 0.29) is 30.0 Å². The Kier molecular flexibility index (Phi) is 4.42. The Balaban J connectivity index is 1.60. The topological polar surface area (TPSA) is 92.9 Å². The number of carbonyl (C=O) groups is 3. The molecule has 0 spiro atoms. The van der Waals surface area contributed by atoms with Gasteiger partial charge in [0.25, 0.3) is 11.8 Å². The highest BCUT2D eigenvalue weighted by Gasteiger charge is 2.41. The maximum Gasteiger partial charge on any atom is 0.260 e. The van der Waals surface area contributed by atoms with Gasteiger partial charge in [-0.15, -0.1) is 0 Å². The second kappa shape index (κ2) is 6.51. The zero-order valence-corrected chi connectivity index (χ0v) is 13.6. The highest BCUT2D eigenvalue weighted by atomic mass is 16.5. The van der Waals surface area contributed by atoms with Crippen molar-refractivity contribution in [1.82, 2.24) is 9.80 Å². The van der Waals surface area contributed by atoms with Crippen LogP contribution >= 0.6 is 0 Å². The van der Waals surface area contributed by atoms with Gasteiger partial charge in [0, 0.05) is 26.6 Å². The molecule has 0 saturated carbocycles. The molecule has 24 heavy (non-hydrogen) atoms. The summed E-state index contributed by atoms with van der Waals surface area (Å²) in [5.41, 5.74) is 5.55. The predicted molar refractivity (Wildman–Crippen MR) is 86.3 cm³/mol. The van der Waals surface area contributed by atoms with Crippen LogP contribution in [0, 0.1) is 5.92 Å². The summed E-state index contributed by atoms with van der Waals surface area (Å²) in [7, 11) is 1.79. The van der Waals surface area contributed by atoms with Crippen LogP contribution in [0.15, 0.2) is 24.3 Å². The number of likely N-dealkylation sites (tertiary alicyclic amines) is 2. The van der Waals surface area contributed by atoms with Crippen LogP contribution in [-0.2, 0) is 9.59 Å². The average Bonchev–Trinajstić information content (AvgIpc) is 2.87. The summed E-state index contributed by atoms with van der Waals surface area (Å²) in [6, 6.07) is 6.67. The summed E-state index contributed by atoms with van der Waals surface area (Å²) in [5.74, 6) is 0.0424. The van der Waals surface area contributed by atoms with Gasteiger partial charge in [-0.1, -0.05) is 12.1 Å². The van der Waals surface area contributed by atoms with E-state index < -0.39 is 5.91 Å². The van der Waals surface area contributed by atoms with Crippen LogP contribution in [0.1, 0.15) is 23.2 Å². The van der Waals surface area contributed by atoms with Gasteiger partial charge in [-0.05, 0) is 24.5 Å². The third-order valence-electron chi connectivity index (χ3n) is 4.91. The second-order valence-electron chi connectivity index (χ2n) is 6.31. The van der Waals surface area contributed by atoms with Crippen LogP contribution in [0.4, 0.5) is 0 Å². The monoisotopic (exact) mass is 331 g/mol. The van der Waals surface area contributed by atoms with Crippen molar-refractivity contribution in [3.05, 3.63) is 29.8 Å². The first-order chi connectivity index (χ1) is 11.5. The van der Waals surface area contributed by atoms with E-state index in [2.05, 4.69) is 0 Å². The lowest BCUT2D eigenvalue weighted by Crippen LogP contribution is -2.50. The molecule has 7 nitrogen and oxygen atoms in total. The van der Waals surface area contributed by atoms with Gasteiger partial charge in [0.05, 0.1) is 11.6 Å². The Morgan fingerprint density at radius 3 is 2.83 bits per heavy atom. The molecule has 0 bridgehead atoms. The van der Waals surface area contributed by atoms with Gasteiger partial charge in [-0.2, -0.15) is 0 Å². The third kappa shape index (κ3) is 3.06. The lowest BCUT2D eigenvalue weighted by Gasteiger charge is -2.37. The van der Waals surface area contributed by atoms with Crippen molar-refractivity contribution in [1.29, 1.82) is 0 Å². The van der Waals surface area contributed by atoms with E-state index in [4.69, 9.17) is 10.5 Å². The van der Waals surface area contributed by atoms with Gasteiger partial charge < -0.3 is 20.3 Å². The minimum Gasteiger partial charge on any atom is -0.483 e. The van der Waals surface area contributed by atoms with Gasteiger partial charge in [0.2, 0.25) is 5.91 Å². The van der Waals surface area contributed by atoms with Gasteiger partial charge in [-0.25, -0.2) is 0 Å². The minimum absolute atomic E-state index is 0.0908. The molecule has 1 aromatic carbocycles. The van der Waals surface area contributed by atoms with Crippen LogP contribution in [0.2, 0.25) is 0 Å².